The number of rotatable bonds is 4. The van der Waals surface area contributed by atoms with E-state index in [2.05, 4.69) is 52.0 Å². The summed E-state index contributed by atoms with van der Waals surface area (Å²) in [6.07, 6.45) is 2.68. The van der Waals surface area contributed by atoms with Crippen LogP contribution in [0.4, 0.5) is 0 Å². The van der Waals surface area contributed by atoms with E-state index in [1.165, 1.54) is 5.56 Å². The zero-order valence-electron chi connectivity index (χ0n) is 11.4. The van der Waals surface area contributed by atoms with E-state index in [-0.39, 0.29) is 18.2 Å². The normalized spacial score (nSPS) is 24.1. The fourth-order valence-electron chi connectivity index (χ4n) is 2.85. The maximum Gasteiger partial charge on any atom is 0.0667 e. The minimum absolute atomic E-state index is 0.103. The molecule has 1 fully saturated rings. The smallest absolute Gasteiger partial charge is 0.0667 e. The molecule has 0 radical (unpaired) electrons. The molecule has 106 valence electrons. The summed E-state index contributed by atoms with van der Waals surface area (Å²) in [5.74, 6) is 0. The van der Waals surface area contributed by atoms with Crippen molar-refractivity contribution in [3.63, 3.8) is 0 Å². The van der Waals surface area contributed by atoms with Crippen LogP contribution in [-0.4, -0.2) is 35.2 Å². The molecule has 1 aromatic rings. The summed E-state index contributed by atoms with van der Waals surface area (Å²) in [4.78, 5) is 2.34. The molecular weight excluding hydrogens is 304 g/mol. The van der Waals surface area contributed by atoms with Gasteiger partial charge in [0, 0.05) is 23.1 Å². The maximum atomic E-state index is 9.88. The van der Waals surface area contributed by atoms with Gasteiger partial charge in [-0.15, -0.1) is 0 Å². The van der Waals surface area contributed by atoms with Gasteiger partial charge in [0.15, 0.2) is 0 Å². The minimum atomic E-state index is -0.212. The molecule has 2 rings (SSSR count). The lowest BCUT2D eigenvalue weighted by molar-refractivity contribution is 0.0385. The summed E-state index contributed by atoms with van der Waals surface area (Å²) in [7, 11) is 0. The van der Waals surface area contributed by atoms with Gasteiger partial charge in [-0.25, -0.2) is 0 Å². The highest BCUT2D eigenvalue weighted by atomic mass is 79.9. The number of β-amino-alcohol motifs (C(OH)–C–C–N with tert-alkyl or cyclic N) is 1. The highest BCUT2D eigenvalue weighted by Gasteiger charge is 2.29. The molecule has 0 amide bonds. The van der Waals surface area contributed by atoms with Crippen LogP contribution in [0.3, 0.4) is 0 Å². The standard InChI is InChI=1S/C15H23BrN2O/c1-2-14(17)15(11-5-7-12(16)8-6-11)18-9-3-4-13(19)10-18/h5-8,13-15,19H,2-4,9-10,17H2,1H3. The van der Waals surface area contributed by atoms with E-state index >= 15 is 0 Å². The topological polar surface area (TPSA) is 49.5 Å². The van der Waals surface area contributed by atoms with Crippen molar-refractivity contribution >= 4 is 15.9 Å². The molecule has 1 heterocycles. The third-order valence-electron chi connectivity index (χ3n) is 3.91. The first-order chi connectivity index (χ1) is 9.11. The van der Waals surface area contributed by atoms with Crippen molar-refractivity contribution in [3.8, 4) is 0 Å². The number of piperidine rings is 1. The fourth-order valence-corrected chi connectivity index (χ4v) is 3.11. The summed E-state index contributed by atoms with van der Waals surface area (Å²) >= 11 is 3.47. The summed E-state index contributed by atoms with van der Waals surface area (Å²) in [5.41, 5.74) is 7.57. The summed E-state index contributed by atoms with van der Waals surface area (Å²) in [6, 6.07) is 8.69. The van der Waals surface area contributed by atoms with E-state index in [1.807, 2.05) is 0 Å². The predicted molar refractivity (Wildman–Crippen MR) is 82.0 cm³/mol. The zero-order chi connectivity index (χ0) is 13.8. The number of aliphatic hydroxyl groups is 1. The molecule has 0 saturated carbocycles. The molecule has 1 aliphatic rings. The average Bonchev–Trinajstić information content (AvgIpc) is 2.41. The third kappa shape index (κ3) is 3.78. The minimum Gasteiger partial charge on any atom is -0.392 e. The molecular formula is C15H23BrN2O. The van der Waals surface area contributed by atoms with E-state index in [0.717, 1.165) is 36.8 Å². The number of likely N-dealkylation sites (tertiary alicyclic amines) is 1. The molecule has 0 spiro atoms. The van der Waals surface area contributed by atoms with E-state index in [4.69, 9.17) is 5.73 Å². The second kappa shape index (κ2) is 6.84. The SMILES string of the molecule is CCC(N)C(c1ccc(Br)cc1)N1CCCC(O)C1. The van der Waals surface area contributed by atoms with Gasteiger partial charge in [-0.3, -0.25) is 4.90 Å². The Morgan fingerprint density at radius 1 is 1.42 bits per heavy atom. The number of nitrogens with two attached hydrogens (primary N) is 1. The molecule has 4 heteroatoms. The van der Waals surface area contributed by atoms with Crippen LogP contribution in [0.2, 0.25) is 0 Å². The number of halogens is 1. The lowest BCUT2D eigenvalue weighted by atomic mass is 9.94. The van der Waals surface area contributed by atoms with Crippen molar-refractivity contribution in [1.82, 2.24) is 4.90 Å². The highest BCUT2D eigenvalue weighted by Crippen LogP contribution is 2.29. The Morgan fingerprint density at radius 3 is 2.68 bits per heavy atom. The maximum absolute atomic E-state index is 9.88. The fraction of sp³-hybridized carbons (Fsp3) is 0.600. The summed E-state index contributed by atoms with van der Waals surface area (Å²) in [6.45, 7) is 3.87. The number of hydrogen-bond donors (Lipinski definition) is 2. The Balaban J connectivity index is 2.22. The van der Waals surface area contributed by atoms with Gasteiger partial charge < -0.3 is 10.8 Å². The second-order valence-corrected chi connectivity index (χ2v) is 6.28. The molecule has 3 nitrogen and oxygen atoms in total. The van der Waals surface area contributed by atoms with Gasteiger partial charge in [-0.1, -0.05) is 35.0 Å². The summed E-state index contributed by atoms with van der Waals surface area (Å²) < 4.78 is 1.08. The predicted octanol–water partition coefficient (Wildman–Crippen LogP) is 2.68. The van der Waals surface area contributed by atoms with Crippen LogP contribution in [0.1, 0.15) is 37.8 Å². The first-order valence-corrected chi connectivity index (χ1v) is 7.84. The Labute approximate surface area is 123 Å². The van der Waals surface area contributed by atoms with Gasteiger partial charge in [0.05, 0.1) is 6.10 Å². The summed E-state index contributed by atoms with van der Waals surface area (Å²) in [5, 5.41) is 9.88. The molecule has 19 heavy (non-hydrogen) atoms. The largest absolute Gasteiger partial charge is 0.392 e. The molecule has 3 atom stereocenters. The molecule has 3 N–H and O–H groups in total. The quantitative estimate of drug-likeness (QED) is 0.894. The number of hydrogen-bond acceptors (Lipinski definition) is 3. The van der Waals surface area contributed by atoms with Crippen LogP contribution in [0, 0.1) is 0 Å². The molecule has 0 aliphatic carbocycles. The van der Waals surface area contributed by atoms with Gasteiger partial charge in [0.1, 0.15) is 0 Å². The van der Waals surface area contributed by atoms with E-state index in [1.54, 1.807) is 0 Å². The van der Waals surface area contributed by atoms with Crippen LogP contribution in [0.15, 0.2) is 28.7 Å². The molecule has 3 unspecified atom stereocenters. The Hall–Kier alpha value is -0.420. The van der Waals surface area contributed by atoms with Crippen molar-refractivity contribution in [2.24, 2.45) is 5.73 Å². The Morgan fingerprint density at radius 2 is 2.11 bits per heavy atom. The zero-order valence-corrected chi connectivity index (χ0v) is 13.0. The van der Waals surface area contributed by atoms with Crippen LogP contribution in [0.5, 0.6) is 0 Å². The van der Waals surface area contributed by atoms with E-state index in [9.17, 15) is 5.11 Å². The highest BCUT2D eigenvalue weighted by molar-refractivity contribution is 9.10. The van der Waals surface area contributed by atoms with Crippen molar-refractivity contribution in [3.05, 3.63) is 34.3 Å². The average molecular weight is 327 g/mol. The van der Waals surface area contributed by atoms with Gasteiger partial charge >= 0.3 is 0 Å². The van der Waals surface area contributed by atoms with E-state index in [0.29, 0.717) is 0 Å². The van der Waals surface area contributed by atoms with Gasteiger partial charge in [0.25, 0.3) is 0 Å². The molecule has 0 aromatic heterocycles. The molecule has 1 saturated heterocycles. The number of aliphatic hydroxyl groups excluding tert-OH is 1. The van der Waals surface area contributed by atoms with Crippen molar-refractivity contribution in [2.45, 2.75) is 44.4 Å². The van der Waals surface area contributed by atoms with Crippen LogP contribution >= 0.6 is 15.9 Å². The number of nitrogens with zero attached hydrogens (tertiary/aromatic N) is 1. The Bertz CT molecular complexity index is 396. The number of benzene rings is 1. The first-order valence-electron chi connectivity index (χ1n) is 7.05. The monoisotopic (exact) mass is 326 g/mol. The molecule has 1 aliphatic heterocycles. The van der Waals surface area contributed by atoms with Crippen molar-refractivity contribution in [1.29, 1.82) is 0 Å². The van der Waals surface area contributed by atoms with Crippen LogP contribution in [0.25, 0.3) is 0 Å². The first kappa shape index (κ1) is 15.0. The van der Waals surface area contributed by atoms with Gasteiger partial charge in [-0.2, -0.15) is 0 Å². The van der Waals surface area contributed by atoms with E-state index < -0.39 is 0 Å². The lowest BCUT2D eigenvalue weighted by Crippen LogP contribution is -2.47. The van der Waals surface area contributed by atoms with Crippen molar-refractivity contribution in [2.75, 3.05) is 13.1 Å². The van der Waals surface area contributed by atoms with Crippen molar-refractivity contribution < 1.29 is 5.11 Å². The lowest BCUT2D eigenvalue weighted by Gasteiger charge is -2.39. The second-order valence-electron chi connectivity index (χ2n) is 5.36. The third-order valence-corrected chi connectivity index (χ3v) is 4.44. The molecule has 0 bridgehead atoms. The Kier molecular flexibility index (Phi) is 5.39. The van der Waals surface area contributed by atoms with Gasteiger partial charge in [-0.05, 0) is 43.5 Å². The van der Waals surface area contributed by atoms with Crippen LogP contribution < -0.4 is 5.73 Å². The van der Waals surface area contributed by atoms with Crippen LogP contribution in [-0.2, 0) is 0 Å². The van der Waals surface area contributed by atoms with Gasteiger partial charge in [0.2, 0.25) is 0 Å². The molecule has 1 aromatic carbocycles.